The molecule has 0 aliphatic heterocycles. The lowest BCUT2D eigenvalue weighted by Crippen LogP contribution is -2.07. The van der Waals surface area contributed by atoms with E-state index in [0.29, 0.717) is 5.89 Å². The molecule has 0 aliphatic rings. The number of aromatic amines is 2. The van der Waals surface area contributed by atoms with Crippen molar-refractivity contribution < 1.29 is 4.52 Å². The van der Waals surface area contributed by atoms with Gasteiger partial charge in [0.25, 0.3) is 0 Å². The van der Waals surface area contributed by atoms with Crippen LogP contribution in [0, 0.1) is 0 Å². The van der Waals surface area contributed by atoms with Crippen molar-refractivity contribution in [2.45, 2.75) is 32.7 Å². The van der Waals surface area contributed by atoms with Crippen molar-refractivity contribution in [1.29, 1.82) is 0 Å². The number of rotatable bonds is 5. The summed E-state index contributed by atoms with van der Waals surface area (Å²) < 4.78 is 5.26. The van der Waals surface area contributed by atoms with E-state index in [-0.39, 0.29) is 11.7 Å². The molecule has 3 aromatic rings. The molecule has 0 radical (unpaired) electrons. The Bertz CT molecular complexity index is 801. The molecule has 0 saturated carbocycles. The molecule has 0 spiro atoms. The van der Waals surface area contributed by atoms with E-state index >= 15 is 0 Å². The first-order valence-corrected chi connectivity index (χ1v) is 6.97. The minimum absolute atomic E-state index is 0.105. The fourth-order valence-corrected chi connectivity index (χ4v) is 2.20. The van der Waals surface area contributed by atoms with Crippen LogP contribution < -0.4 is 11.0 Å². The SMILES string of the molecule is CCCc1noc(C(C)Nc2ccc3[nH]c(=O)[nH]c3c2)n1. The Balaban J connectivity index is 1.78. The van der Waals surface area contributed by atoms with Crippen molar-refractivity contribution in [1.82, 2.24) is 20.1 Å². The highest BCUT2D eigenvalue weighted by molar-refractivity contribution is 5.78. The van der Waals surface area contributed by atoms with Crippen LogP contribution in [0.25, 0.3) is 11.0 Å². The molecule has 0 saturated heterocycles. The van der Waals surface area contributed by atoms with Crippen molar-refractivity contribution in [2.24, 2.45) is 0 Å². The number of hydrogen-bond acceptors (Lipinski definition) is 5. The van der Waals surface area contributed by atoms with E-state index < -0.39 is 0 Å². The first kappa shape index (κ1) is 13.4. The number of fused-ring (bicyclic) bond motifs is 1. The van der Waals surface area contributed by atoms with Gasteiger partial charge < -0.3 is 19.8 Å². The molecule has 110 valence electrons. The van der Waals surface area contributed by atoms with Crippen LogP contribution >= 0.6 is 0 Å². The standard InChI is InChI=1S/C14H17N5O2/c1-3-4-12-18-13(21-19-12)8(2)15-9-5-6-10-11(7-9)17-14(20)16-10/h5-8,15H,3-4H2,1-2H3,(H2,16,17,20). The summed E-state index contributed by atoms with van der Waals surface area (Å²) in [6.07, 6.45) is 1.80. The maximum absolute atomic E-state index is 11.2. The second-order valence-electron chi connectivity index (χ2n) is 5.00. The monoisotopic (exact) mass is 287 g/mol. The van der Waals surface area contributed by atoms with Gasteiger partial charge in [0.15, 0.2) is 5.82 Å². The highest BCUT2D eigenvalue weighted by Gasteiger charge is 2.14. The fourth-order valence-electron chi connectivity index (χ4n) is 2.20. The number of aryl methyl sites for hydroxylation is 1. The van der Waals surface area contributed by atoms with Crippen molar-refractivity contribution in [3.8, 4) is 0 Å². The van der Waals surface area contributed by atoms with E-state index in [2.05, 4.69) is 32.3 Å². The van der Waals surface area contributed by atoms with Crippen molar-refractivity contribution >= 4 is 16.7 Å². The summed E-state index contributed by atoms with van der Waals surface area (Å²) in [5, 5.41) is 7.23. The molecular weight excluding hydrogens is 270 g/mol. The minimum atomic E-state index is -0.212. The van der Waals surface area contributed by atoms with Gasteiger partial charge in [-0.15, -0.1) is 0 Å². The Kier molecular flexibility index (Phi) is 3.47. The molecule has 0 fully saturated rings. The summed E-state index contributed by atoms with van der Waals surface area (Å²) in [6, 6.07) is 5.50. The van der Waals surface area contributed by atoms with Crippen molar-refractivity contribution in [3.05, 3.63) is 40.4 Å². The van der Waals surface area contributed by atoms with Gasteiger partial charge in [0, 0.05) is 12.1 Å². The summed E-state index contributed by atoms with van der Waals surface area (Å²) in [6.45, 7) is 4.03. The van der Waals surface area contributed by atoms with Gasteiger partial charge in [0.1, 0.15) is 6.04 Å². The van der Waals surface area contributed by atoms with Crippen LogP contribution in [-0.2, 0) is 6.42 Å². The second-order valence-corrected chi connectivity index (χ2v) is 5.00. The molecule has 0 aliphatic carbocycles. The van der Waals surface area contributed by atoms with E-state index in [1.165, 1.54) is 0 Å². The Morgan fingerprint density at radius 3 is 2.95 bits per heavy atom. The number of nitrogens with one attached hydrogen (secondary N) is 3. The van der Waals surface area contributed by atoms with Gasteiger partial charge in [-0.1, -0.05) is 12.1 Å². The van der Waals surface area contributed by atoms with Gasteiger partial charge in [0.2, 0.25) is 5.89 Å². The smallest absolute Gasteiger partial charge is 0.323 e. The Morgan fingerprint density at radius 1 is 1.33 bits per heavy atom. The summed E-state index contributed by atoms with van der Waals surface area (Å²) in [4.78, 5) is 21.0. The summed E-state index contributed by atoms with van der Waals surface area (Å²) in [5.74, 6) is 1.28. The fraction of sp³-hybridized carbons (Fsp3) is 0.357. The minimum Gasteiger partial charge on any atom is -0.374 e. The Morgan fingerprint density at radius 2 is 2.14 bits per heavy atom. The maximum atomic E-state index is 11.2. The van der Waals surface area contributed by atoms with Gasteiger partial charge in [-0.2, -0.15) is 4.98 Å². The molecule has 3 rings (SSSR count). The third kappa shape index (κ3) is 2.81. The van der Waals surface area contributed by atoms with Crippen LogP contribution in [-0.4, -0.2) is 20.1 Å². The zero-order valence-electron chi connectivity index (χ0n) is 11.9. The third-order valence-electron chi connectivity index (χ3n) is 3.23. The zero-order valence-corrected chi connectivity index (χ0v) is 11.9. The van der Waals surface area contributed by atoms with E-state index in [9.17, 15) is 4.79 Å². The van der Waals surface area contributed by atoms with E-state index in [1.54, 1.807) is 0 Å². The average Bonchev–Trinajstić information content (AvgIpc) is 3.04. The number of aromatic nitrogens is 4. The average molecular weight is 287 g/mol. The second kappa shape index (κ2) is 5.43. The topological polar surface area (TPSA) is 99.6 Å². The molecule has 1 aromatic carbocycles. The number of imidazole rings is 1. The quantitative estimate of drug-likeness (QED) is 0.669. The lowest BCUT2D eigenvalue weighted by Gasteiger charge is -2.10. The van der Waals surface area contributed by atoms with Crippen LogP contribution in [0.15, 0.2) is 27.5 Å². The highest BCUT2D eigenvalue weighted by atomic mass is 16.5. The molecule has 2 heterocycles. The zero-order chi connectivity index (χ0) is 14.8. The summed E-state index contributed by atoms with van der Waals surface area (Å²) in [5.41, 5.74) is 2.20. The molecule has 2 aromatic heterocycles. The highest BCUT2D eigenvalue weighted by Crippen LogP contribution is 2.20. The first-order valence-electron chi connectivity index (χ1n) is 6.97. The number of nitrogens with zero attached hydrogens (tertiary/aromatic N) is 2. The van der Waals surface area contributed by atoms with Gasteiger partial charge in [-0.25, -0.2) is 4.79 Å². The molecule has 3 N–H and O–H groups in total. The van der Waals surface area contributed by atoms with Gasteiger partial charge in [-0.3, -0.25) is 0 Å². The molecule has 7 nitrogen and oxygen atoms in total. The molecule has 21 heavy (non-hydrogen) atoms. The van der Waals surface area contributed by atoms with Crippen LogP contribution in [0.5, 0.6) is 0 Å². The molecule has 0 bridgehead atoms. The van der Waals surface area contributed by atoms with Crippen LogP contribution in [0.1, 0.15) is 38.0 Å². The number of benzene rings is 1. The molecule has 1 atom stereocenters. The molecular formula is C14H17N5O2. The number of hydrogen-bond donors (Lipinski definition) is 3. The molecule has 7 heteroatoms. The van der Waals surface area contributed by atoms with E-state index in [4.69, 9.17) is 4.52 Å². The number of H-pyrrole nitrogens is 2. The molecule has 0 amide bonds. The lowest BCUT2D eigenvalue weighted by molar-refractivity contribution is 0.362. The number of anilines is 1. The Labute approximate surface area is 120 Å². The lowest BCUT2D eigenvalue weighted by atomic mass is 10.2. The first-order chi connectivity index (χ1) is 10.2. The van der Waals surface area contributed by atoms with Gasteiger partial charge >= 0.3 is 5.69 Å². The van der Waals surface area contributed by atoms with E-state index in [0.717, 1.165) is 35.4 Å². The summed E-state index contributed by atoms with van der Waals surface area (Å²) in [7, 11) is 0. The maximum Gasteiger partial charge on any atom is 0.323 e. The van der Waals surface area contributed by atoms with Gasteiger partial charge in [-0.05, 0) is 31.5 Å². The normalized spacial score (nSPS) is 12.7. The predicted octanol–water partition coefficient (Wildman–Crippen LogP) is 2.36. The van der Waals surface area contributed by atoms with Gasteiger partial charge in [0.05, 0.1) is 11.0 Å². The van der Waals surface area contributed by atoms with Crippen LogP contribution in [0.4, 0.5) is 5.69 Å². The third-order valence-corrected chi connectivity index (χ3v) is 3.23. The van der Waals surface area contributed by atoms with Crippen molar-refractivity contribution in [3.63, 3.8) is 0 Å². The van der Waals surface area contributed by atoms with Crippen LogP contribution in [0.3, 0.4) is 0 Å². The van der Waals surface area contributed by atoms with Crippen LogP contribution in [0.2, 0.25) is 0 Å². The largest absolute Gasteiger partial charge is 0.374 e. The predicted molar refractivity (Wildman–Crippen MR) is 79.3 cm³/mol. The molecule has 1 unspecified atom stereocenters. The van der Waals surface area contributed by atoms with Crippen molar-refractivity contribution in [2.75, 3.05) is 5.32 Å². The Hall–Kier alpha value is -2.57. The van der Waals surface area contributed by atoms with E-state index in [1.807, 2.05) is 25.1 Å². The summed E-state index contributed by atoms with van der Waals surface area (Å²) >= 11 is 0.